The molecule has 5 heterocycles. The van der Waals surface area contributed by atoms with Gasteiger partial charge in [0.2, 0.25) is 17.8 Å². The number of nitrogens with zero attached hydrogens (tertiary/aromatic N) is 9. The van der Waals surface area contributed by atoms with Gasteiger partial charge in [0.05, 0.1) is 18.8 Å². The summed E-state index contributed by atoms with van der Waals surface area (Å²) in [6.07, 6.45) is -0.607. The number of amides is 1. The van der Waals surface area contributed by atoms with Gasteiger partial charge in [-0.3, -0.25) is 9.36 Å². The van der Waals surface area contributed by atoms with E-state index < -0.39 is 12.7 Å². The molecule has 2 aliphatic heterocycles. The maximum atomic E-state index is 13.9. The van der Waals surface area contributed by atoms with Crippen LogP contribution in [0.15, 0.2) is 12.4 Å². The van der Waals surface area contributed by atoms with Crippen molar-refractivity contribution in [3.63, 3.8) is 0 Å². The number of alkyl halides is 3. The van der Waals surface area contributed by atoms with Crippen LogP contribution in [0.5, 0.6) is 0 Å². The number of carbonyl (C=O) groups is 1. The number of anilines is 3. The first-order valence-corrected chi connectivity index (χ1v) is 13.0. The summed E-state index contributed by atoms with van der Waals surface area (Å²) in [5.74, 6) is 0.830. The van der Waals surface area contributed by atoms with E-state index in [9.17, 15) is 18.0 Å². The number of halogens is 3. The normalized spacial score (nSPS) is 18.7. The number of nitrogens with two attached hydrogens (primary N) is 1. The summed E-state index contributed by atoms with van der Waals surface area (Å²) in [5.41, 5.74) is 6.38. The molecule has 0 aliphatic carbocycles. The molecule has 15 heteroatoms. The van der Waals surface area contributed by atoms with Gasteiger partial charge in [0.1, 0.15) is 6.54 Å². The molecule has 210 valence electrons. The number of ether oxygens (including phenoxy) is 1. The number of morpholine rings is 1. The Balaban J connectivity index is 1.66. The Morgan fingerprint density at radius 2 is 1.77 bits per heavy atom. The van der Waals surface area contributed by atoms with Gasteiger partial charge in [0.15, 0.2) is 22.8 Å². The third-order valence-electron chi connectivity index (χ3n) is 6.99. The Morgan fingerprint density at radius 3 is 2.41 bits per heavy atom. The van der Waals surface area contributed by atoms with E-state index in [1.165, 1.54) is 12.4 Å². The van der Waals surface area contributed by atoms with Crippen LogP contribution >= 0.6 is 0 Å². The largest absolute Gasteiger partial charge is 0.406 e. The number of hydrogen-bond donors (Lipinski definition) is 1. The molecule has 5 rings (SSSR count). The fourth-order valence-electron chi connectivity index (χ4n) is 5.04. The Morgan fingerprint density at radius 1 is 1.05 bits per heavy atom. The van der Waals surface area contributed by atoms with Crippen LogP contribution in [0.1, 0.15) is 26.7 Å². The monoisotopic (exact) mass is 548 g/mol. The van der Waals surface area contributed by atoms with Crippen molar-refractivity contribution >= 4 is 34.8 Å². The van der Waals surface area contributed by atoms with E-state index in [2.05, 4.69) is 15.0 Å². The Hall–Kier alpha value is -3.75. The summed E-state index contributed by atoms with van der Waals surface area (Å²) in [7, 11) is 0. The van der Waals surface area contributed by atoms with Gasteiger partial charge in [0, 0.05) is 57.6 Å². The molecule has 3 aromatic rings. The highest BCUT2D eigenvalue weighted by molar-refractivity contribution is 5.88. The minimum Gasteiger partial charge on any atom is -0.378 e. The first-order valence-electron chi connectivity index (χ1n) is 13.0. The highest BCUT2D eigenvalue weighted by Crippen LogP contribution is 2.34. The van der Waals surface area contributed by atoms with E-state index in [4.69, 9.17) is 20.4 Å². The van der Waals surface area contributed by atoms with Gasteiger partial charge in [-0.05, 0) is 6.42 Å². The smallest absolute Gasteiger partial charge is 0.378 e. The number of aromatic nitrogens is 6. The van der Waals surface area contributed by atoms with Crippen molar-refractivity contribution in [3.8, 4) is 11.4 Å². The van der Waals surface area contributed by atoms with Crippen molar-refractivity contribution in [3.05, 3.63) is 12.4 Å². The zero-order valence-corrected chi connectivity index (χ0v) is 21.9. The van der Waals surface area contributed by atoms with E-state index in [0.717, 1.165) is 4.57 Å². The van der Waals surface area contributed by atoms with Gasteiger partial charge in [-0.2, -0.15) is 13.2 Å². The number of piperazine rings is 1. The SMILES string of the molecule is CCC(=O)N1CCN(c2nc3c(N4CCOCC4)nc(-c4cnc(N)nc4)nc3n2CC(F)(F)F)C[C@@H]1CC. The molecule has 0 saturated carbocycles. The molecule has 0 spiro atoms. The first kappa shape index (κ1) is 26.8. The van der Waals surface area contributed by atoms with Gasteiger partial charge in [-0.1, -0.05) is 13.8 Å². The van der Waals surface area contributed by atoms with Crippen molar-refractivity contribution in [2.75, 3.05) is 61.5 Å². The lowest BCUT2D eigenvalue weighted by molar-refractivity contribution is -0.139. The predicted octanol–water partition coefficient (Wildman–Crippen LogP) is 2.10. The summed E-state index contributed by atoms with van der Waals surface area (Å²) >= 11 is 0. The highest BCUT2D eigenvalue weighted by atomic mass is 19.4. The van der Waals surface area contributed by atoms with Crippen molar-refractivity contribution in [2.45, 2.75) is 45.5 Å². The van der Waals surface area contributed by atoms with Gasteiger partial charge < -0.3 is 25.2 Å². The van der Waals surface area contributed by atoms with Crippen molar-refractivity contribution in [2.24, 2.45) is 0 Å². The van der Waals surface area contributed by atoms with Crippen LogP contribution in [0.2, 0.25) is 0 Å². The quantitative estimate of drug-likeness (QED) is 0.489. The second-order valence-electron chi connectivity index (χ2n) is 9.53. The third-order valence-corrected chi connectivity index (χ3v) is 6.99. The molecule has 2 N–H and O–H groups in total. The molecule has 3 aromatic heterocycles. The maximum absolute atomic E-state index is 13.9. The van der Waals surface area contributed by atoms with Gasteiger partial charge in [-0.25, -0.2) is 24.9 Å². The van der Waals surface area contributed by atoms with Crippen LogP contribution in [0.25, 0.3) is 22.6 Å². The first-order chi connectivity index (χ1) is 18.7. The van der Waals surface area contributed by atoms with Gasteiger partial charge >= 0.3 is 6.18 Å². The van der Waals surface area contributed by atoms with Crippen LogP contribution in [0.4, 0.5) is 30.9 Å². The Kier molecular flexibility index (Phi) is 7.42. The highest BCUT2D eigenvalue weighted by Gasteiger charge is 2.36. The molecule has 0 aromatic carbocycles. The molecule has 2 saturated heterocycles. The van der Waals surface area contributed by atoms with Crippen LogP contribution in [-0.4, -0.2) is 98.4 Å². The van der Waals surface area contributed by atoms with E-state index in [1.54, 1.807) is 6.92 Å². The fraction of sp³-hybridized carbons (Fsp3) is 0.583. The van der Waals surface area contributed by atoms with E-state index in [0.29, 0.717) is 70.2 Å². The average Bonchev–Trinajstić information content (AvgIpc) is 3.29. The van der Waals surface area contributed by atoms with Crippen LogP contribution in [0, 0.1) is 0 Å². The molecular formula is C24H31F3N10O2. The average molecular weight is 549 g/mol. The molecule has 39 heavy (non-hydrogen) atoms. The van der Waals surface area contributed by atoms with Gasteiger partial charge in [-0.15, -0.1) is 0 Å². The number of carbonyl (C=O) groups excluding carboxylic acids is 1. The second kappa shape index (κ2) is 10.8. The fourth-order valence-corrected chi connectivity index (χ4v) is 5.04. The minimum atomic E-state index is -4.53. The van der Waals surface area contributed by atoms with Gasteiger partial charge in [0.25, 0.3) is 0 Å². The van der Waals surface area contributed by atoms with E-state index in [-0.39, 0.29) is 40.8 Å². The molecule has 1 amide bonds. The lowest BCUT2D eigenvalue weighted by Gasteiger charge is -2.41. The second-order valence-corrected chi connectivity index (χ2v) is 9.53. The summed E-state index contributed by atoms with van der Waals surface area (Å²) in [6, 6.07) is -0.141. The Labute approximate surface area is 223 Å². The molecule has 0 unspecified atom stereocenters. The lowest BCUT2D eigenvalue weighted by atomic mass is 10.1. The summed E-state index contributed by atoms with van der Waals surface area (Å²) < 4.78 is 48.4. The van der Waals surface area contributed by atoms with Crippen molar-refractivity contribution in [1.29, 1.82) is 0 Å². The summed E-state index contributed by atoms with van der Waals surface area (Å²) in [6.45, 7) is 5.51. The van der Waals surface area contributed by atoms with Crippen LogP contribution in [0.3, 0.4) is 0 Å². The standard InChI is InChI=1S/C24H31F3N10O2/c1-3-16-13-35(5-6-36(16)17(38)4-2)23-31-18-20(34-7-9-39-10-8-34)32-19(15-11-29-22(28)30-12-15)33-21(18)37(23)14-24(25,26)27/h11-12,16H,3-10,13-14H2,1-2H3,(H2,28,29,30)/t16-/m0/s1. The summed E-state index contributed by atoms with van der Waals surface area (Å²) in [4.78, 5) is 40.0. The summed E-state index contributed by atoms with van der Waals surface area (Å²) in [5, 5.41) is 0. The van der Waals surface area contributed by atoms with Crippen LogP contribution in [-0.2, 0) is 16.1 Å². The molecular weight excluding hydrogens is 517 g/mol. The zero-order chi connectivity index (χ0) is 27.7. The number of nitrogen functional groups attached to an aromatic ring is 1. The minimum absolute atomic E-state index is 0.0288. The van der Waals surface area contributed by atoms with Crippen molar-refractivity contribution in [1.82, 2.24) is 34.4 Å². The third kappa shape index (κ3) is 5.53. The zero-order valence-electron chi connectivity index (χ0n) is 21.9. The molecule has 1 atom stereocenters. The Bertz CT molecular complexity index is 1320. The maximum Gasteiger partial charge on any atom is 0.406 e. The molecule has 12 nitrogen and oxygen atoms in total. The molecule has 0 radical (unpaired) electrons. The number of rotatable bonds is 6. The molecule has 0 bridgehead atoms. The molecule has 2 fully saturated rings. The van der Waals surface area contributed by atoms with Crippen LogP contribution < -0.4 is 15.5 Å². The lowest BCUT2D eigenvalue weighted by Crippen LogP contribution is -2.55. The number of imidazole rings is 1. The number of fused-ring (bicyclic) bond motifs is 1. The van der Waals surface area contributed by atoms with Crippen molar-refractivity contribution < 1.29 is 22.7 Å². The topological polar surface area (TPSA) is 131 Å². The number of hydrogen-bond acceptors (Lipinski definition) is 10. The van der Waals surface area contributed by atoms with E-state index >= 15 is 0 Å². The van der Waals surface area contributed by atoms with E-state index in [1.807, 2.05) is 21.6 Å². The molecule has 2 aliphatic rings. The predicted molar refractivity (Wildman–Crippen MR) is 138 cm³/mol.